The van der Waals surface area contributed by atoms with Crippen LogP contribution >= 0.6 is 0 Å². The minimum Gasteiger partial charge on any atom is -0.508 e. The summed E-state index contributed by atoms with van der Waals surface area (Å²) in [5, 5.41) is 29.9. The van der Waals surface area contributed by atoms with Crippen LogP contribution in [0.15, 0.2) is 12.1 Å². The van der Waals surface area contributed by atoms with E-state index in [9.17, 15) is 19.8 Å². The predicted octanol–water partition coefficient (Wildman–Crippen LogP) is 6.15. The van der Waals surface area contributed by atoms with Crippen molar-refractivity contribution in [2.45, 2.75) is 110 Å². The molecule has 0 aliphatic rings. The monoisotopic (exact) mass is 450 g/mol. The van der Waals surface area contributed by atoms with Gasteiger partial charge in [-0.3, -0.25) is 9.59 Å². The van der Waals surface area contributed by atoms with E-state index < -0.39 is 17.0 Å². The van der Waals surface area contributed by atoms with Crippen LogP contribution in [0, 0.1) is 5.41 Å². The summed E-state index contributed by atoms with van der Waals surface area (Å²) in [6.45, 7) is 7.83. The van der Waals surface area contributed by atoms with Crippen molar-refractivity contribution < 1.29 is 29.6 Å². The van der Waals surface area contributed by atoms with E-state index in [1.54, 1.807) is 26.0 Å². The number of carboxylic acid groups (broad SMARTS) is 1. The summed E-state index contributed by atoms with van der Waals surface area (Å²) in [6, 6.07) is 3.29. The van der Waals surface area contributed by atoms with Gasteiger partial charge in [-0.15, -0.1) is 0 Å². The van der Waals surface area contributed by atoms with E-state index in [1.165, 1.54) is 0 Å². The Morgan fingerprint density at radius 1 is 0.844 bits per heavy atom. The Bertz CT molecular complexity index is 723. The second-order valence-electron chi connectivity index (χ2n) is 10.1. The molecule has 0 saturated carbocycles. The molecule has 0 aromatic heterocycles. The van der Waals surface area contributed by atoms with Gasteiger partial charge in [0, 0.05) is 0 Å². The quantitative estimate of drug-likeness (QED) is 0.149. The number of aromatic hydroxyl groups is 2. The third-order valence-electron chi connectivity index (χ3n) is 6.17. The molecular formula is C26H42O6. The zero-order valence-electron chi connectivity index (χ0n) is 20.3. The molecule has 0 fully saturated rings. The minimum atomic E-state index is -0.759. The third kappa shape index (κ3) is 10.4. The predicted molar refractivity (Wildman–Crippen MR) is 126 cm³/mol. The molecule has 6 nitrogen and oxygen atoms in total. The van der Waals surface area contributed by atoms with Crippen LogP contribution in [0.4, 0.5) is 0 Å². The zero-order valence-corrected chi connectivity index (χ0v) is 20.3. The molecule has 1 aromatic rings. The van der Waals surface area contributed by atoms with E-state index in [-0.39, 0.29) is 11.5 Å². The first-order chi connectivity index (χ1) is 15.0. The summed E-state index contributed by atoms with van der Waals surface area (Å²) in [4.78, 5) is 21.6. The third-order valence-corrected chi connectivity index (χ3v) is 6.17. The van der Waals surface area contributed by atoms with Crippen molar-refractivity contribution >= 4 is 12.4 Å². The Labute approximate surface area is 193 Å². The fourth-order valence-electron chi connectivity index (χ4n) is 3.87. The van der Waals surface area contributed by atoms with Gasteiger partial charge < -0.3 is 20.1 Å². The molecule has 0 amide bonds. The summed E-state index contributed by atoms with van der Waals surface area (Å²) in [5.41, 5.74) is 0.455. The number of aryl methyl sites for hydroxylation is 2. The van der Waals surface area contributed by atoms with Gasteiger partial charge in [-0.05, 0) is 95.9 Å². The topological polar surface area (TPSA) is 104 Å². The summed E-state index contributed by atoms with van der Waals surface area (Å²) in [6.07, 6.45) is 10.5. The fraction of sp³-hybridized carbons (Fsp3) is 0.692. The van der Waals surface area contributed by atoms with Crippen LogP contribution in [0.2, 0.25) is 0 Å². The van der Waals surface area contributed by atoms with Gasteiger partial charge in [0.1, 0.15) is 17.1 Å². The van der Waals surface area contributed by atoms with Crippen molar-refractivity contribution in [2.24, 2.45) is 5.41 Å². The summed E-state index contributed by atoms with van der Waals surface area (Å²) in [5.74, 6) is -0.287. The summed E-state index contributed by atoms with van der Waals surface area (Å²) >= 11 is 0. The van der Waals surface area contributed by atoms with Gasteiger partial charge in [-0.1, -0.05) is 32.1 Å². The van der Waals surface area contributed by atoms with Crippen LogP contribution in [-0.2, 0) is 27.2 Å². The van der Waals surface area contributed by atoms with Crippen molar-refractivity contribution in [1.29, 1.82) is 0 Å². The van der Waals surface area contributed by atoms with Gasteiger partial charge in [-0.25, -0.2) is 0 Å². The number of hydrogen-bond donors (Lipinski definition) is 3. The Morgan fingerprint density at radius 3 is 1.78 bits per heavy atom. The van der Waals surface area contributed by atoms with Gasteiger partial charge in [-0.2, -0.15) is 0 Å². The van der Waals surface area contributed by atoms with Crippen LogP contribution < -0.4 is 0 Å². The first kappa shape index (κ1) is 27.8. The second-order valence-corrected chi connectivity index (χ2v) is 10.1. The van der Waals surface area contributed by atoms with E-state index in [0.29, 0.717) is 25.7 Å². The molecule has 182 valence electrons. The van der Waals surface area contributed by atoms with Crippen molar-refractivity contribution in [2.75, 3.05) is 0 Å². The Kier molecular flexibility index (Phi) is 11.6. The number of carbonyl (C=O) groups excluding carboxylic acids is 1. The Balaban J connectivity index is 2.38. The lowest BCUT2D eigenvalue weighted by molar-refractivity contribution is -0.147. The molecule has 6 heteroatoms. The fourth-order valence-corrected chi connectivity index (χ4v) is 3.87. The van der Waals surface area contributed by atoms with Crippen LogP contribution in [0.5, 0.6) is 11.5 Å². The largest absolute Gasteiger partial charge is 0.508 e. The van der Waals surface area contributed by atoms with Crippen molar-refractivity contribution in [3.63, 3.8) is 0 Å². The van der Waals surface area contributed by atoms with Crippen LogP contribution in [0.25, 0.3) is 0 Å². The van der Waals surface area contributed by atoms with E-state index in [1.807, 2.05) is 13.8 Å². The maximum atomic E-state index is 11.1. The molecule has 0 heterocycles. The molecule has 0 aliphatic heterocycles. The lowest BCUT2D eigenvalue weighted by Crippen LogP contribution is -2.23. The number of carboxylic acids is 1. The maximum absolute atomic E-state index is 11.1. The standard InChI is InChI=1S/C26H42O6/c1-25(2,24(30)31)15-11-7-5-9-13-20-17-22(28)18-21(23(20)29)14-10-6-8-12-16-26(3,4)32-19-27/h17-19,28-29H,5-16H2,1-4H3,(H,30,31). The lowest BCUT2D eigenvalue weighted by Gasteiger charge is -2.22. The van der Waals surface area contributed by atoms with E-state index >= 15 is 0 Å². The van der Waals surface area contributed by atoms with E-state index in [0.717, 1.165) is 68.9 Å². The van der Waals surface area contributed by atoms with E-state index in [4.69, 9.17) is 9.84 Å². The Morgan fingerprint density at radius 2 is 1.31 bits per heavy atom. The molecule has 0 radical (unpaired) electrons. The first-order valence-electron chi connectivity index (χ1n) is 11.9. The number of ether oxygens (including phenoxy) is 1. The van der Waals surface area contributed by atoms with Gasteiger partial charge >= 0.3 is 5.97 Å². The molecule has 0 spiro atoms. The number of carbonyl (C=O) groups is 2. The zero-order chi connectivity index (χ0) is 24.2. The number of unbranched alkanes of at least 4 members (excludes halogenated alkanes) is 6. The average molecular weight is 451 g/mol. The highest BCUT2D eigenvalue weighted by Gasteiger charge is 2.25. The Hall–Kier alpha value is -2.24. The SMILES string of the molecule is CC(C)(CCCCCCc1cc(O)cc(CCCCCCC(C)(C)C(=O)O)c1O)OC=O. The molecule has 1 aromatic carbocycles. The number of hydrogen-bond acceptors (Lipinski definition) is 5. The van der Waals surface area contributed by atoms with Crippen molar-refractivity contribution in [3.8, 4) is 11.5 Å². The normalized spacial score (nSPS) is 12.0. The first-order valence-corrected chi connectivity index (χ1v) is 11.9. The highest BCUT2D eigenvalue weighted by molar-refractivity contribution is 5.73. The minimum absolute atomic E-state index is 0.184. The molecule has 0 bridgehead atoms. The molecule has 0 atom stereocenters. The molecular weight excluding hydrogens is 408 g/mol. The number of phenolic OH excluding ortho intramolecular Hbond substituents is 2. The molecule has 0 unspecified atom stereocenters. The van der Waals surface area contributed by atoms with Gasteiger partial charge in [0.25, 0.3) is 6.47 Å². The number of aliphatic carboxylic acids is 1. The van der Waals surface area contributed by atoms with Crippen LogP contribution in [0.3, 0.4) is 0 Å². The molecule has 32 heavy (non-hydrogen) atoms. The van der Waals surface area contributed by atoms with Gasteiger partial charge in [0.2, 0.25) is 0 Å². The van der Waals surface area contributed by atoms with E-state index in [2.05, 4.69) is 0 Å². The number of benzene rings is 1. The van der Waals surface area contributed by atoms with Gasteiger partial charge in [0.15, 0.2) is 0 Å². The average Bonchev–Trinajstić information content (AvgIpc) is 2.69. The highest BCUT2D eigenvalue weighted by atomic mass is 16.5. The molecule has 1 rings (SSSR count). The molecule has 3 N–H and O–H groups in total. The number of rotatable bonds is 17. The van der Waals surface area contributed by atoms with Crippen molar-refractivity contribution in [1.82, 2.24) is 0 Å². The maximum Gasteiger partial charge on any atom is 0.309 e. The molecule has 0 saturated heterocycles. The highest BCUT2D eigenvalue weighted by Crippen LogP contribution is 2.31. The molecule has 0 aliphatic carbocycles. The van der Waals surface area contributed by atoms with Crippen molar-refractivity contribution in [3.05, 3.63) is 23.3 Å². The number of phenols is 2. The van der Waals surface area contributed by atoms with Crippen LogP contribution in [0.1, 0.15) is 103 Å². The van der Waals surface area contributed by atoms with Crippen LogP contribution in [-0.4, -0.2) is 33.4 Å². The van der Waals surface area contributed by atoms with Gasteiger partial charge in [0.05, 0.1) is 5.41 Å². The second kappa shape index (κ2) is 13.3. The summed E-state index contributed by atoms with van der Waals surface area (Å²) in [7, 11) is 0. The smallest absolute Gasteiger partial charge is 0.309 e. The summed E-state index contributed by atoms with van der Waals surface area (Å²) < 4.78 is 5.06. The lowest BCUT2D eigenvalue weighted by atomic mass is 9.87.